The van der Waals surface area contributed by atoms with Crippen LogP contribution in [-0.2, 0) is 0 Å². The van der Waals surface area contributed by atoms with Crippen LogP contribution in [0, 0.1) is 0 Å². The van der Waals surface area contributed by atoms with E-state index in [1.807, 2.05) is 11.3 Å². The Morgan fingerprint density at radius 2 is 0.833 bits per heavy atom. The fraction of sp³-hybridized carbons (Fsp3) is 0. The van der Waals surface area contributed by atoms with Crippen LogP contribution in [0.1, 0.15) is 0 Å². The molecule has 2 heteroatoms. The van der Waals surface area contributed by atoms with Gasteiger partial charge in [0.25, 0.3) is 0 Å². The highest BCUT2D eigenvalue weighted by Crippen LogP contribution is 2.50. The third-order valence-corrected chi connectivity index (χ3v) is 12.1. The number of rotatable bonds is 5. The van der Waals surface area contributed by atoms with E-state index < -0.39 is 0 Å². The van der Waals surface area contributed by atoms with Gasteiger partial charge in [-0.05, 0) is 96.4 Å². The number of fused-ring (bicyclic) bond motifs is 6. The first kappa shape index (κ1) is 30.8. The largest absolute Gasteiger partial charge is 0.456 e. The molecule has 11 rings (SSSR count). The number of benzene rings is 9. The lowest BCUT2D eigenvalue weighted by Gasteiger charge is -2.19. The zero-order valence-electron chi connectivity index (χ0n) is 29.3. The van der Waals surface area contributed by atoms with Crippen LogP contribution < -0.4 is 0 Å². The summed E-state index contributed by atoms with van der Waals surface area (Å²) in [6, 6.07) is 70.3. The SMILES string of the molecule is c1ccc(-c2sc3ccc(-c4cc(-c5c6ccccc6c(-c6ccccc6)c6ccccc56)c5c(c4)oc4ccccc45)cc3c2-c2ccccc2)cc1. The minimum absolute atomic E-state index is 0.891. The van der Waals surface area contributed by atoms with Gasteiger partial charge < -0.3 is 4.42 Å². The van der Waals surface area contributed by atoms with Crippen LogP contribution in [-0.4, -0.2) is 0 Å². The van der Waals surface area contributed by atoms with Gasteiger partial charge in [-0.2, -0.15) is 0 Å². The van der Waals surface area contributed by atoms with E-state index >= 15 is 0 Å². The third kappa shape index (κ3) is 4.85. The maximum Gasteiger partial charge on any atom is 0.136 e. The number of hydrogen-bond acceptors (Lipinski definition) is 2. The Labute approximate surface area is 317 Å². The van der Waals surface area contributed by atoms with Crippen molar-refractivity contribution in [3.63, 3.8) is 0 Å². The van der Waals surface area contributed by atoms with Crippen molar-refractivity contribution < 1.29 is 4.42 Å². The summed E-state index contributed by atoms with van der Waals surface area (Å²) in [7, 11) is 0. The van der Waals surface area contributed by atoms with Gasteiger partial charge >= 0.3 is 0 Å². The average Bonchev–Trinajstić information content (AvgIpc) is 3.82. The Morgan fingerprint density at radius 1 is 0.315 bits per heavy atom. The standard InChI is InChI=1S/C52H32OS/c1-4-16-33(17-5-1)48-38-22-10-12-24-40(38)50(41-25-13-11-23-39(41)48)44-31-37(32-46-51(44)42-26-14-15-27-45(42)53-46)36-28-29-47-43(30-36)49(34-18-6-2-7-19-34)52(54-47)35-20-8-3-9-21-35/h1-32H. The highest BCUT2D eigenvalue weighted by atomic mass is 32.1. The minimum Gasteiger partial charge on any atom is -0.456 e. The lowest BCUT2D eigenvalue weighted by atomic mass is 9.84. The van der Waals surface area contributed by atoms with E-state index in [9.17, 15) is 0 Å². The van der Waals surface area contributed by atoms with Gasteiger partial charge in [0, 0.05) is 31.3 Å². The molecule has 0 radical (unpaired) electrons. The number of thiophene rings is 1. The maximum atomic E-state index is 6.74. The molecule has 0 aliphatic heterocycles. The van der Waals surface area contributed by atoms with Crippen molar-refractivity contribution in [2.45, 2.75) is 0 Å². The lowest BCUT2D eigenvalue weighted by Crippen LogP contribution is -1.92. The van der Waals surface area contributed by atoms with E-state index in [4.69, 9.17) is 4.42 Å². The second kappa shape index (κ2) is 12.4. The summed E-state index contributed by atoms with van der Waals surface area (Å²) in [5, 5.41) is 8.47. The summed E-state index contributed by atoms with van der Waals surface area (Å²) in [6.45, 7) is 0. The van der Waals surface area contributed by atoms with E-state index in [1.54, 1.807) is 0 Å². The fourth-order valence-electron chi connectivity index (χ4n) is 8.51. The molecule has 0 saturated heterocycles. The molecule has 11 aromatic rings. The van der Waals surface area contributed by atoms with Gasteiger partial charge in [0.2, 0.25) is 0 Å². The van der Waals surface area contributed by atoms with Crippen LogP contribution >= 0.6 is 11.3 Å². The summed E-state index contributed by atoms with van der Waals surface area (Å²) in [5.74, 6) is 0. The summed E-state index contributed by atoms with van der Waals surface area (Å²) < 4.78 is 8.01. The minimum atomic E-state index is 0.891. The molecular formula is C52H32OS. The molecule has 2 aromatic heterocycles. The molecular weight excluding hydrogens is 673 g/mol. The van der Waals surface area contributed by atoms with Crippen LogP contribution in [0.4, 0.5) is 0 Å². The number of para-hydroxylation sites is 1. The average molecular weight is 705 g/mol. The Kier molecular flexibility index (Phi) is 7.11. The van der Waals surface area contributed by atoms with Crippen LogP contribution in [0.5, 0.6) is 0 Å². The summed E-state index contributed by atoms with van der Waals surface area (Å²) in [4.78, 5) is 1.29. The predicted octanol–water partition coefficient (Wildman–Crippen LogP) is 15.4. The molecule has 0 unspecified atom stereocenters. The topological polar surface area (TPSA) is 13.1 Å². The number of furan rings is 1. The van der Waals surface area contributed by atoms with E-state index in [1.165, 1.54) is 75.5 Å². The van der Waals surface area contributed by atoms with Crippen molar-refractivity contribution in [3.8, 4) is 54.9 Å². The molecule has 0 fully saturated rings. The molecule has 2 heterocycles. The Bertz CT molecular complexity index is 3130. The van der Waals surface area contributed by atoms with Crippen LogP contribution in [0.25, 0.3) is 109 Å². The quantitative estimate of drug-likeness (QED) is 0.163. The molecule has 252 valence electrons. The Balaban J connectivity index is 1.23. The molecule has 0 amide bonds. The van der Waals surface area contributed by atoms with Crippen molar-refractivity contribution in [2.24, 2.45) is 0 Å². The van der Waals surface area contributed by atoms with Crippen LogP contribution in [0.3, 0.4) is 0 Å². The Morgan fingerprint density at radius 3 is 1.46 bits per heavy atom. The second-order valence-electron chi connectivity index (χ2n) is 14.0. The molecule has 0 spiro atoms. The molecule has 0 aliphatic rings. The highest BCUT2D eigenvalue weighted by Gasteiger charge is 2.22. The summed E-state index contributed by atoms with van der Waals surface area (Å²) in [6.07, 6.45) is 0. The zero-order valence-corrected chi connectivity index (χ0v) is 30.1. The van der Waals surface area contributed by atoms with Gasteiger partial charge in [-0.25, -0.2) is 0 Å². The molecule has 0 N–H and O–H groups in total. The fourth-order valence-corrected chi connectivity index (χ4v) is 9.72. The van der Waals surface area contributed by atoms with E-state index in [0.29, 0.717) is 0 Å². The Hall–Kier alpha value is -6.74. The van der Waals surface area contributed by atoms with Gasteiger partial charge in [0.15, 0.2) is 0 Å². The molecule has 1 nitrogen and oxygen atoms in total. The van der Waals surface area contributed by atoms with Crippen molar-refractivity contribution in [2.75, 3.05) is 0 Å². The smallest absolute Gasteiger partial charge is 0.136 e. The lowest BCUT2D eigenvalue weighted by molar-refractivity contribution is 0.669. The first-order chi connectivity index (χ1) is 26.8. The van der Waals surface area contributed by atoms with Gasteiger partial charge in [0.05, 0.1) is 0 Å². The molecule has 54 heavy (non-hydrogen) atoms. The zero-order chi connectivity index (χ0) is 35.6. The molecule has 0 atom stereocenters. The first-order valence-corrected chi connectivity index (χ1v) is 19.2. The predicted molar refractivity (Wildman–Crippen MR) is 231 cm³/mol. The van der Waals surface area contributed by atoms with Gasteiger partial charge in [-0.3, -0.25) is 0 Å². The van der Waals surface area contributed by atoms with Crippen molar-refractivity contribution in [1.82, 2.24) is 0 Å². The monoisotopic (exact) mass is 704 g/mol. The van der Waals surface area contributed by atoms with Crippen LogP contribution in [0.15, 0.2) is 199 Å². The molecule has 9 aromatic carbocycles. The summed E-state index contributed by atoms with van der Waals surface area (Å²) >= 11 is 1.87. The van der Waals surface area contributed by atoms with Gasteiger partial charge in [0.1, 0.15) is 11.2 Å². The first-order valence-electron chi connectivity index (χ1n) is 18.4. The third-order valence-electron chi connectivity index (χ3n) is 10.9. The van der Waals surface area contributed by atoms with Crippen molar-refractivity contribution >= 4 is 64.9 Å². The van der Waals surface area contributed by atoms with Crippen LogP contribution in [0.2, 0.25) is 0 Å². The maximum absolute atomic E-state index is 6.74. The van der Waals surface area contributed by atoms with Crippen molar-refractivity contribution in [3.05, 3.63) is 194 Å². The molecule has 0 aliphatic carbocycles. The molecule has 0 bridgehead atoms. The van der Waals surface area contributed by atoms with Gasteiger partial charge in [-0.1, -0.05) is 164 Å². The number of hydrogen-bond donors (Lipinski definition) is 0. The van der Waals surface area contributed by atoms with Gasteiger partial charge in [-0.15, -0.1) is 11.3 Å². The van der Waals surface area contributed by atoms with E-state index in [-0.39, 0.29) is 0 Å². The highest BCUT2D eigenvalue weighted by molar-refractivity contribution is 7.23. The molecule has 0 saturated carbocycles. The summed E-state index contributed by atoms with van der Waals surface area (Å²) in [5.41, 5.74) is 12.7. The van der Waals surface area contributed by atoms with E-state index in [0.717, 1.165) is 33.1 Å². The second-order valence-corrected chi connectivity index (χ2v) is 15.0. The normalized spacial score (nSPS) is 11.7. The van der Waals surface area contributed by atoms with Crippen molar-refractivity contribution in [1.29, 1.82) is 0 Å². The van der Waals surface area contributed by atoms with E-state index in [2.05, 4.69) is 194 Å².